The van der Waals surface area contributed by atoms with E-state index in [1.165, 1.54) is 12.0 Å². The monoisotopic (exact) mass is 260 g/mol. The van der Waals surface area contributed by atoms with Crippen LogP contribution in [0.4, 0.5) is 0 Å². The lowest BCUT2D eigenvalue weighted by molar-refractivity contribution is 0.408. The minimum absolute atomic E-state index is 0.694. The van der Waals surface area contributed by atoms with Gasteiger partial charge in [-0.2, -0.15) is 4.98 Å². The molecule has 1 N–H and O–H groups in total. The molecule has 1 aromatic carbocycles. The van der Waals surface area contributed by atoms with Crippen LogP contribution in [-0.4, -0.2) is 19.7 Å². The summed E-state index contributed by atoms with van der Waals surface area (Å²) in [7, 11) is 0. The lowest BCUT2D eigenvalue weighted by Gasteiger charge is -2.04. The van der Waals surface area contributed by atoms with E-state index in [-0.39, 0.29) is 0 Å². The molecule has 0 unspecified atom stereocenters. The van der Waals surface area contributed by atoms with Gasteiger partial charge in [0.2, 0.25) is 6.39 Å². The summed E-state index contributed by atoms with van der Waals surface area (Å²) in [5.41, 5.74) is 3.41. The number of imidazole rings is 1. The van der Waals surface area contributed by atoms with Crippen LogP contribution in [-0.2, 0) is 13.0 Å². The van der Waals surface area contributed by atoms with E-state index in [0.717, 1.165) is 22.3 Å². The minimum atomic E-state index is 0.694. The van der Waals surface area contributed by atoms with Crippen LogP contribution in [0.25, 0.3) is 11.0 Å². The van der Waals surface area contributed by atoms with Crippen LogP contribution in [0.1, 0.15) is 11.4 Å². The maximum Gasteiger partial charge on any atom is 0.213 e. The summed E-state index contributed by atoms with van der Waals surface area (Å²) >= 11 is 5.35. The van der Waals surface area contributed by atoms with Crippen molar-refractivity contribution in [2.45, 2.75) is 19.9 Å². The number of fused-ring (bicyclic) bond motifs is 1. The molecule has 0 aliphatic rings. The van der Waals surface area contributed by atoms with Crippen molar-refractivity contribution in [1.29, 1.82) is 0 Å². The van der Waals surface area contributed by atoms with Crippen molar-refractivity contribution in [3.8, 4) is 0 Å². The van der Waals surface area contributed by atoms with E-state index in [2.05, 4.69) is 32.7 Å². The van der Waals surface area contributed by atoms with Crippen molar-refractivity contribution in [2.24, 2.45) is 0 Å². The molecule has 0 bridgehead atoms. The van der Waals surface area contributed by atoms with Gasteiger partial charge in [-0.15, -0.1) is 0 Å². The van der Waals surface area contributed by atoms with E-state index in [9.17, 15) is 0 Å². The SMILES string of the molecule is Cc1cccc2[nH]c(=S)n(CCc3ncon3)c12. The smallest absolute Gasteiger partial charge is 0.213 e. The topological polar surface area (TPSA) is 59.6 Å². The Hall–Kier alpha value is -1.95. The molecule has 0 spiro atoms. The summed E-state index contributed by atoms with van der Waals surface area (Å²) in [6, 6.07) is 6.13. The fourth-order valence-corrected chi connectivity index (χ4v) is 2.42. The highest BCUT2D eigenvalue weighted by Gasteiger charge is 2.07. The first-order chi connectivity index (χ1) is 8.75. The van der Waals surface area contributed by atoms with Gasteiger partial charge in [0.05, 0.1) is 11.0 Å². The number of hydrogen-bond donors (Lipinski definition) is 1. The van der Waals surface area contributed by atoms with Crippen LogP contribution >= 0.6 is 12.2 Å². The third-order valence-corrected chi connectivity index (χ3v) is 3.28. The van der Waals surface area contributed by atoms with Gasteiger partial charge in [0.15, 0.2) is 10.6 Å². The maximum absolute atomic E-state index is 5.35. The predicted molar refractivity (Wildman–Crippen MR) is 69.9 cm³/mol. The third kappa shape index (κ3) is 1.84. The number of rotatable bonds is 3. The molecule has 3 rings (SSSR count). The normalized spacial score (nSPS) is 11.2. The third-order valence-electron chi connectivity index (χ3n) is 2.96. The Bertz CT molecular complexity index is 726. The second-order valence-corrected chi connectivity index (χ2v) is 4.54. The van der Waals surface area contributed by atoms with Gasteiger partial charge in [0, 0.05) is 13.0 Å². The first-order valence-electron chi connectivity index (χ1n) is 5.69. The van der Waals surface area contributed by atoms with Crippen LogP contribution in [0.5, 0.6) is 0 Å². The maximum atomic E-state index is 5.35. The highest BCUT2D eigenvalue weighted by molar-refractivity contribution is 7.71. The number of hydrogen-bond acceptors (Lipinski definition) is 4. The molecule has 0 saturated carbocycles. The van der Waals surface area contributed by atoms with Crippen molar-refractivity contribution in [1.82, 2.24) is 19.7 Å². The lowest BCUT2D eigenvalue weighted by atomic mass is 10.2. The van der Waals surface area contributed by atoms with Crippen molar-refractivity contribution >= 4 is 23.3 Å². The molecule has 2 aromatic heterocycles. The van der Waals surface area contributed by atoms with Gasteiger partial charge in [-0.3, -0.25) is 0 Å². The molecule has 18 heavy (non-hydrogen) atoms. The first-order valence-corrected chi connectivity index (χ1v) is 6.10. The largest absolute Gasteiger partial charge is 0.343 e. The minimum Gasteiger partial charge on any atom is -0.343 e. The van der Waals surface area contributed by atoms with Crippen molar-refractivity contribution in [3.05, 3.63) is 40.8 Å². The zero-order valence-corrected chi connectivity index (χ0v) is 10.7. The van der Waals surface area contributed by atoms with Crippen LogP contribution in [0.3, 0.4) is 0 Å². The van der Waals surface area contributed by atoms with Crippen molar-refractivity contribution < 1.29 is 4.52 Å². The fourth-order valence-electron chi connectivity index (χ4n) is 2.13. The molecular weight excluding hydrogens is 248 g/mol. The Balaban J connectivity index is 2.01. The van der Waals surface area contributed by atoms with Gasteiger partial charge in [0.1, 0.15) is 0 Å². The zero-order valence-electron chi connectivity index (χ0n) is 9.88. The first kappa shape index (κ1) is 11.2. The number of benzene rings is 1. The Labute approximate surface area is 108 Å². The van der Waals surface area contributed by atoms with Gasteiger partial charge >= 0.3 is 0 Å². The van der Waals surface area contributed by atoms with Gasteiger partial charge in [-0.25, -0.2) is 0 Å². The number of aromatic amines is 1. The number of nitrogens with one attached hydrogen (secondary N) is 1. The number of aryl methyl sites for hydroxylation is 3. The van der Waals surface area contributed by atoms with E-state index in [4.69, 9.17) is 16.7 Å². The second-order valence-electron chi connectivity index (χ2n) is 4.15. The highest BCUT2D eigenvalue weighted by atomic mass is 32.1. The molecule has 0 aliphatic carbocycles. The quantitative estimate of drug-likeness (QED) is 0.735. The van der Waals surface area contributed by atoms with E-state index >= 15 is 0 Å². The lowest BCUT2D eigenvalue weighted by Crippen LogP contribution is -2.03. The molecule has 2 heterocycles. The summed E-state index contributed by atoms with van der Waals surface area (Å²) < 4.78 is 7.53. The average molecular weight is 260 g/mol. The molecule has 6 heteroatoms. The Morgan fingerprint density at radius 3 is 3.11 bits per heavy atom. The highest BCUT2D eigenvalue weighted by Crippen LogP contribution is 2.18. The summed E-state index contributed by atoms with van der Waals surface area (Å²) in [5, 5.41) is 3.80. The molecule has 5 nitrogen and oxygen atoms in total. The molecule has 0 atom stereocenters. The summed E-state index contributed by atoms with van der Waals surface area (Å²) in [6.07, 6.45) is 2.04. The summed E-state index contributed by atoms with van der Waals surface area (Å²) in [4.78, 5) is 7.22. The van der Waals surface area contributed by atoms with Gasteiger partial charge in [-0.05, 0) is 30.8 Å². The Morgan fingerprint density at radius 1 is 1.44 bits per heavy atom. The molecule has 3 aromatic rings. The van der Waals surface area contributed by atoms with Crippen molar-refractivity contribution in [2.75, 3.05) is 0 Å². The van der Waals surface area contributed by atoms with Gasteiger partial charge in [-0.1, -0.05) is 17.3 Å². The molecule has 0 radical (unpaired) electrons. The van der Waals surface area contributed by atoms with Crippen LogP contribution in [0.15, 0.2) is 29.1 Å². The molecular formula is C12H12N4OS. The summed E-state index contributed by atoms with van der Waals surface area (Å²) in [6.45, 7) is 2.82. The Morgan fingerprint density at radius 2 is 2.33 bits per heavy atom. The number of nitrogens with zero attached hydrogens (tertiary/aromatic N) is 3. The number of para-hydroxylation sites is 1. The van der Waals surface area contributed by atoms with E-state index in [1.54, 1.807) is 0 Å². The van der Waals surface area contributed by atoms with Gasteiger partial charge in [0.25, 0.3) is 0 Å². The Kier molecular flexibility index (Phi) is 2.71. The molecule has 0 aliphatic heterocycles. The van der Waals surface area contributed by atoms with E-state index in [1.807, 2.05) is 12.1 Å². The second kappa shape index (κ2) is 4.38. The summed E-state index contributed by atoms with van der Waals surface area (Å²) in [5.74, 6) is 0.694. The van der Waals surface area contributed by atoms with E-state index < -0.39 is 0 Å². The zero-order chi connectivity index (χ0) is 12.5. The molecule has 0 saturated heterocycles. The van der Waals surface area contributed by atoms with Gasteiger partial charge < -0.3 is 14.1 Å². The fraction of sp³-hybridized carbons (Fsp3) is 0.250. The number of H-pyrrole nitrogens is 1. The van der Waals surface area contributed by atoms with Crippen LogP contribution in [0.2, 0.25) is 0 Å². The molecule has 0 fully saturated rings. The average Bonchev–Trinajstić information content (AvgIpc) is 2.94. The van der Waals surface area contributed by atoms with Crippen molar-refractivity contribution in [3.63, 3.8) is 0 Å². The predicted octanol–water partition coefficient (Wildman–Crippen LogP) is 2.63. The molecule has 0 amide bonds. The van der Waals surface area contributed by atoms with Crippen LogP contribution in [0, 0.1) is 11.7 Å². The standard InChI is InChI=1S/C12H12N4OS/c1-8-3-2-4-9-11(8)16(12(18)14-9)6-5-10-13-7-17-15-10/h2-4,7H,5-6H2,1H3,(H,14,18). The van der Waals surface area contributed by atoms with Crippen LogP contribution < -0.4 is 0 Å². The van der Waals surface area contributed by atoms with E-state index in [0.29, 0.717) is 12.2 Å². The molecule has 92 valence electrons. The number of aromatic nitrogens is 4.